The maximum absolute atomic E-state index is 5.89. The van der Waals surface area contributed by atoms with Gasteiger partial charge in [-0.15, -0.1) is 10.2 Å². The van der Waals surface area contributed by atoms with Gasteiger partial charge in [-0.1, -0.05) is 11.8 Å². The van der Waals surface area contributed by atoms with Crippen LogP contribution in [0.3, 0.4) is 0 Å². The van der Waals surface area contributed by atoms with E-state index in [9.17, 15) is 0 Å². The Labute approximate surface area is 144 Å². The van der Waals surface area contributed by atoms with Crippen molar-refractivity contribution in [3.8, 4) is 11.6 Å². The summed E-state index contributed by atoms with van der Waals surface area (Å²) in [4.78, 5) is 0. The molecule has 0 aromatic carbocycles. The fourth-order valence-electron chi connectivity index (χ4n) is 2.86. The van der Waals surface area contributed by atoms with E-state index in [2.05, 4.69) is 17.1 Å². The zero-order valence-electron chi connectivity index (χ0n) is 13.4. The van der Waals surface area contributed by atoms with Crippen LogP contribution < -0.4 is 0 Å². The van der Waals surface area contributed by atoms with Crippen LogP contribution in [0.2, 0.25) is 0 Å². The third kappa shape index (κ3) is 3.27. The first-order valence-electron chi connectivity index (χ1n) is 8.07. The number of rotatable bonds is 6. The molecule has 126 valence electrons. The molecule has 3 aromatic heterocycles. The van der Waals surface area contributed by atoms with E-state index >= 15 is 0 Å². The number of furan rings is 2. The summed E-state index contributed by atoms with van der Waals surface area (Å²) < 4.78 is 18.9. The van der Waals surface area contributed by atoms with Crippen LogP contribution in [0.1, 0.15) is 25.5 Å². The molecule has 1 saturated heterocycles. The number of aromatic nitrogens is 3. The highest BCUT2D eigenvalue weighted by Crippen LogP contribution is 2.29. The van der Waals surface area contributed by atoms with Crippen molar-refractivity contribution in [1.29, 1.82) is 0 Å². The van der Waals surface area contributed by atoms with Gasteiger partial charge in [-0.25, -0.2) is 0 Å². The molecule has 4 rings (SSSR count). The second-order valence-electron chi connectivity index (χ2n) is 5.91. The Bertz CT molecular complexity index is 767. The van der Waals surface area contributed by atoms with Gasteiger partial charge in [0.05, 0.1) is 31.3 Å². The van der Waals surface area contributed by atoms with Crippen molar-refractivity contribution < 1.29 is 13.6 Å². The molecule has 0 amide bonds. The van der Waals surface area contributed by atoms with E-state index in [0.29, 0.717) is 24.2 Å². The smallest absolute Gasteiger partial charge is 0.200 e. The van der Waals surface area contributed by atoms with Crippen LogP contribution in [-0.2, 0) is 11.3 Å². The lowest BCUT2D eigenvalue weighted by molar-refractivity contribution is 0.0699. The lowest BCUT2D eigenvalue weighted by Crippen LogP contribution is -2.12. The molecule has 24 heavy (non-hydrogen) atoms. The Morgan fingerprint density at radius 2 is 2.04 bits per heavy atom. The highest BCUT2D eigenvalue weighted by atomic mass is 32.2. The summed E-state index contributed by atoms with van der Waals surface area (Å²) in [5, 5.41) is 9.51. The molecule has 0 radical (unpaired) electrons. The fourth-order valence-corrected chi connectivity index (χ4v) is 3.85. The molecule has 0 saturated carbocycles. The number of hydrogen-bond donors (Lipinski definition) is 0. The topological polar surface area (TPSA) is 66.2 Å². The summed E-state index contributed by atoms with van der Waals surface area (Å²) in [7, 11) is 0. The molecule has 0 spiro atoms. The van der Waals surface area contributed by atoms with Crippen molar-refractivity contribution in [3.63, 3.8) is 0 Å². The maximum atomic E-state index is 5.89. The van der Waals surface area contributed by atoms with Crippen molar-refractivity contribution >= 4 is 11.8 Å². The third-order valence-corrected chi connectivity index (χ3v) is 5.17. The van der Waals surface area contributed by atoms with Crippen LogP contribution in [0.5, 0.6) is 0 Å². The van der Waals surface area contributed by atoms with Gasteiger partial charge in [0.2, 0.25) is 5.82 Å². The predicted molar refractivity (Wildman–Crippen MR) is 89.8 cm³/mol. The summed E-state index contributed by atoms with van der Waals surface area (Å²) in [6.45, 7) is 2.69. The summed E-state index contributed by atoms with van der Waals surface area (Å²) in [6, 6.07) is 7.57. The molecule has 1 aliphatic heterocycles. The first kappa shape index (κ1) is 15.5. The molecule has 0 bridgehead atoms. The van der Waals surface area contributed by atoms with Gasteiger partial charge in [0.1, 0.15) is 5.76 Å². The van der Waals surface area contributed by atoms with Crippen molar-refractivity contribution in [2.75, 3.05) is 5.75 Å². The molecule has 7 heteroatoms. The number of hydrogen-bond acceptors (Lipinski definition) is 6. The fraction of sp³-hybridized carbons (Fsp3) is 0.412. The van der Waals surface area contributed by atoms with E-state index in [-0.39, 0.29) is 6.10 Å². The lowest BCUT2D eigenvalue weighted by atomic mass is 10.2. The van der Waals surface area contributed by atoms with E-state index in [1.807, 2.05) is 28.8 Å². The third-order valence-electron chi connectivity index (χ3n) is 4.07. The predicted octanol–water partition coefficient (Wildman–Crippen LogP) is 3.84. The summed E-state index contributed by atoms with van der Waals surface area (Å²) in [5.41, 5.74) is 0. The van der Waals surface area contributed by atoms with Gasteiger partial charge in [0.15, 0.2) is 10.9 Å². The van der Waals surface area contributed by atoms with Gasteiger partial charge in [-0.05, 0) is 44.0 Å². The lowest BCUT2D eigenvalue weighted by Gasteiger charge is -2.11. The molecule has 4 heterocycles. The average Bonchev–Trinajstić information content (AvgIpc) is 3.34. The van der Waals surface area contributed by atoms with E-state index in [4.69, 9.17) is 13.6 Å². The average molecular weight is 345 g/mol. The van der Waals surface area contributed by atoms with Gasteiger partial charge in [0.25, 0.3) is 0 Å². The highest BCUT2D eigenvalue weighted by molar-refractivity contribution is 7.99. The van der Waals surface area contributed by atoms with E-state index in [1.54, 1.807) is 24.3 Å². The minimum atomic E-state index is 0.283. The van der Waals surface area contributed by atoms with Crippen LogP contribution >= 0.6 is 11.8 Å². The number of thioether (sulfide) groups is 1. The largest absolute Gasteiger partial charge is 0.467 e. The SMILES string of the molecule is C[C@H]1CC[C@H](CSc2nnc(-c3ccco3)n2Cc2ccco2)O1. The van der Waals surface area contributed by atoms with Crippen LogP contribution in [0, 0.1) is 0 Å². The molecule has 1 aliphatic rings. The van der Waals surface area contributed by atoms with Crippen molar-refractivity contribution in [3.05, 3.63) is 42.6 Å². The van der Waals surface area contributed by atoms with E-state index < -0.39 is 0 Å². The Kier molecular flexibility index (Phi) is 4.44. The minimum absolute atomic E-state index is 0.283. The minimum Gasteiger partial charge on any atom is -0.467 e. The first-order chi connectivity index (χ1) is 11.8. The second kappa shape index (κ2) is 6.86. The Morgan fingerprint density at radius 3 is 2.75 bits per heavy atom. The maximum Gasteiger partial charge on any atom is 0.200 e. The molecule has 1 fully saturated rings. The van der Waals surface area contributed by atoms with Crippen molar-refractivity contribution in [2.24, 2.45) is 0 Å². The van der Waals surface area contributed by atoms with Gasteiger partial charge >= 0.3 is 0 Å². The summed E-state index contributed by atoms with van der Waals surface area (Å²) in [6.07, 6.45) is 6.18. The molecule has 2 atom stereocenters. The quantitative estimate of drug-likeness (QED) is 0.632. The van der Waals surface area contributed by atoms with Crippen LogP contribution in [0.25, 0.3) is 11.6 Å². The molecule has 3 aromatic rings. The normalized spacial score (nSPS) is 20.7. The number of ether oxygens (including phenoxy) is 1. The molecule has 0 unspecified atom stereocenters. The highest BCUT2D eigenvalue weighted by Gasteiger charge is 2.24. The second-order valence-corrected chi connectivity index (χ2v) is 6.89. The first-order valence-corrected chi connectivity index (χ1v) is 9.06. The molecular weight excluding hydrogens is 326 g/mol. The van der Waals surface area contributed by atoms with Crippen molar-refractivity contribution in [1.82, 2.24) is 14.8 Å². The van der Waals surface area contributed by atoms with Gasteiger partial charge in [-0.3, -0.25) is 4.57 Å². The van der Waals surface area contributed by atoms with Crippen molar-refractivity contribution in [2.45, 2.75) is 43.7 Å². The Balaban J connectivity index is 1.56. The molecule has 0 N–H and O–H groups in total. The van der Waals surface area contributed by atoms with Gasteiger partial charge in [0, 0.05) is 5.75 Å². The van der Waals surface area contributed by atoms with E-state index in [1.165, 1.54) is 0 Å². The molecule has 6 nitrogen and oxygen atoms in total. The molecular formula is C17H19N3O3S. The zero-order valence-corrected chi connectivity index (χ0v) is 14.2. The monoisotopic (exact) mass is 345 g/mol. The van der Waals surface area contributed by atoms with Crippen LogP contribution in [0.15, 0.2) is 50.8 Å². The Morgan fingerprint density at radius 1 is 1.17 bits per heavy atom. The number of nitrogens with zero attached hydrogens (tertiary/aromatic N) is 3. The summed E-state index contributed by atoms with van der Waals surface area (Å²) in [5.74, 6) is 3.14. The standard InChI is InChI=1S/C17H19N3O3S/c1-12-6-7-14(23-12)11-24-17-19-18-16(15-5-3-9-22-15)20(17)10-13-4-2-8-21-13/h2-5,8-9,12,14H,6-7,10-11H2,1H3/t12-,14+/m0/s1. The summed E-state index contributed by atoms with van der Waals surface area (Å²) >= 11 is 1.67. The van der Waals surface area contributed by atoms with Gasteiger partial charge < -0.3 is 13.6 Å². The van der Waals surface area contributed by atoms with E-state index in [0.717, 1.165) is 29.5 Å². The Hall–Kier alpha value is -1.99. The van der Waals surface area contributed by atoms with Crippen LogP contribution in [-0.4, -0.2) is 32.7 Å². The molecule has 0 aliphatic carbocycles. The van der Waals surface area contributed by atoms with Crippen LogP contribution in [0.4, 0.5) is 0 Å². The van der Waals surface area contributed by atoms with Gasteiger partial charge in [-0.2, -0.15) is 0 Å². The zero-order chi connectivity index (χ0) is 16.4.